The standard InChI is InChI=1S/C10H16N4O2/c1-6-9(11-2)12-5-13-10(6)14-3-7(15)8(16)4-14/h5,7-8,15-16H,3-4H2,1-2H3,(H,11,12,13). The van der Waals surface area contributed by atoms with Gasteiger partial charge in [-0.25, -0.2) is 9.97 Å². The van der Waals surface area contributed by atoms with E-state index in [0.29, 0.717) is 13.1 Å². The number of nitrogens with one attached hydrogen (secondary N) is 1. The Morgan fingerprint density at radius 1 is 1.31 bits per heavy atom. The van der Waals surface area contributed by atoms with Gasteiger partial charge < -0.3 is 20.4 Å². The van der Waals surface area contributed by atoms with Crippen molar-refractivity contribution in [2.75, 3.05) is 30.4 Å². The van der Waals surface area contributed by atoms with E-state index in [0.717, 1.165) is 17.2 Å². The van der Waals surface area contributed by atoms with Crippen molar-refractivity contribution in [3.63, 3.8) is 0 Å². The molecular formula is C10H16N4O2. The average Bonchev–Trinajstić information content (AvgIpc) is 2.59. The van der Waals surface area contributed by atoms with Gasteiger partial charge in [0.05, 0.1) is 12.2 Å². The summed E-state index contributed by atoms with van der Waals surface area (Å²) in [5.74, 6) is 1.52. The lowest BCUT2D eigenvalue weighted by atomic mass is 10.3. The molecule has 1 aliphatic heterocycles. The van der Waals surface area contributed by atoms with Crippen LogP contribution in [0, 0.1) is 6.92 Å². The van der Waals surface area contributed by atoms with Gasteiger partial charge in [-0.3, -0.25) is 0 Å². The zero-order valence-corrected chi connectivity index (χ0v) is 9.38. The van der Waals surface area contributed by atoms with Crippen LogP contribution in [0.4, 0.5) is 11.6 Å². The number of anilines is 2. The molecule has 2 heterocycles. The number of rotatable bonds is 2. The second kappa shape index (κ2) is 4.23. The lowest BCUT2D eigenvalue weighted by molar-refractivity contribution is 0.0572. The molecule has 2 rings (SSSR count). The number of aromatic nitrogens is 2. The van der Waals surface area contributed by atoms with Crippen LogP contribution in [0.1, 0.15) is 5.56 Å². The molecule has 1 aromatic heterocycles. The summed E-state index contributed by atoms with van der Waals surface area (Å²) in [6.07, 6.45) is 0.0745. The molecule has 1 aromatic rings. The lowest BCUT2D eigenvalue weighted by Gasteiger charge is -2.19. The summed E-state index contributed by atoms with van der Waals surface area (Å²) >= 11 is 0. The number of aliphatic hydroxyl groups excluding tert-OH is 2. The van der Waals surface area contributed by atoms with Gasteiger partial charge in [0.15, 0.2) is 0 Å². The molecule has 1 fully saturated rings. The highest BCUT2D eigenvalue weighted by molar-refractivity contribution is 5.58. The van der Waals surface area contributed by atoms with E-state index in [9.17, 15) is 10.2 Å². The minimum absolute atomic E-state index is 0.405. The van der Waals surface area contributed by atoms with E-state index in [-0.39, 0.29) is 0 Å². The third-order valence-electron chi connectivity index (χ3n) is 2.85. The van der Waals surface area contributed by atoms with Crippen molar-refractivity contribution >= 4 is 11.6 Å². The number of nitrogens with zero attached hydrogens (tertiary/aromatic N) is 3. The first kappa shape index (κ1) is 11.1. The largest absolute Gasteiger partial charge is 0.389 e. The molecule has 2 atom stereocenters. The van der Waals surface area contributed by atoms with Crippen molar-refractivity contribution in [2.45, 2.75) is 19.1 Å². The summed E-state index contributed by atoms with van der Waals surface area (Å²) in [4.78, 5) is 10.2. The van der Waals surface area contributed by atoms with Gasteiger partial charge in [-0.2, -0.15) is 0 Å². The van der Waals surface area contributed by atoms with E-state index >= 15 is 0 Å². The van der Waals surface area contributed by atoms with Gasteiger partial charge in [0.1, 0.15) is 18.0 Å². The fourth-order valence-electron chi connectivity index (χ4n) is 1.95. The van der Waals surface area contributed by atoms with Crippen LogP contribution in [0.25, 0.3) is 0 Å². The van der Waals surface area contributed by atoms with Gasteiger partial charge in [-0.1, -0.05) is 0 Å². The molecule has 88 valence electrons. The molecule has 3 N–H and O–H groups in total. The average molecular weight is 224 g/mol. The number of β-amino-alcohol motifs (C(OH)–C–C–N with tert-alkyl or cyclic N) is 2. The lowest BCUT2D eigenvalue weighted by Crippen LogP contribution is -2.23. The summed E-state index contributed by atoms with van der Waals surface area (Å²) in [6, 6.07) is 0. The van der Waals surface area contributed by atoms with Crippen LogP contribution in [0.15, 0.2) is 6.33 Å². The Morgan fingerprint density at radius 3 is 2.50 bits per heavy atom. The zero-order valence-electron chi connectivity index (χ0n) is 9.38. The van der Waals surface area contributed by atoms with Crippen LogP contribution < -0.4 is 10.2 Å². The quantitative estimate of drug-likeness (QED) is 0.620. The highest BCUT2D eigenvalue weighted by Crippen LogP contribution is 2.25. The monoisotopic (exact) mass is 224 g/mol. The summed E-state index contributed by atoms with van der Waals surface area (Å²) in [6.45, 7) is 2.72. The predicted octanol–water partition coefficient (Wildman–Crippen LogP) is -0.631. The second-order valence-electron chi connectivity index (χ2n) is 3.96. The first-order valence-corrected chi connectivity index (χ1v) is 5.24. The molecule has 6 heteroatoms. The van der Waals surface area contributed by atoms with Crippen LogP contribution >= 0.6 is 0 Å². The highest BCUT2D eigenvalue weighted by atomic mass is 16.3. The Labute approximate surface area is 94.0 Å². The van der Waals surface area contributed by atoms with Crippen molar-refractivity contribution in [3.05, 3.63) is 11.9 Å². The van der Waals surface area contributed by atoms with E-state index in [2.05, 4.69) is 15.3 Å². The Morgan fingerprint density at radius 2 is 1.94 bits per heavy atom. The maximum Gasteiger partial charge on any atom is 0.137 e. The Bertz CT molecular complexity index is 375. The number of aliphatic hydroxyl groups is 2. The van der Waals surface area contributed by atoms with E-state index in [1.54, 1.807) is 7.05 Å². The van der Waals surface area contributed by atoms with E-state index in [1.165, 1.54) is 6.33 Å². The van der Waals surface area contributed by atoms with Gasteiger partial charge in [-0.15, -0.1) is 0 Å². The van der Waals surface area contributed by atoms with Gasteiger partial charge in [0, 0.05) is 25.7 Å². The molecule has 0 radical (unpaired) electrons. The van der Waals surface area contributed by atoms with Crippen molar-refractivity contribution < 1.29 is 10.2 Å². The normalized spacial score (nSPS) is 24.9. The molecule has 6 nitrogen and oxygen atoms in total. The van der Waals surface area contributed by atoms with Crippen LogP contribution in [0.5, 0.6) is 0 Å². The van der Waals surface area contributed by atoms with Crippen LogP contribution in [0.3, 0.4) is 0 Å². The van der Waals surface area contributed by atoms with E-state index < -0.39 is 12.2 Å². The fraction of sp³-hybridized carbons (Fsp3) is 0.600. The Kier molecular flexibility index (Phi) is 2.93. The van der Waals surface area contributed by atoms with Crippen LogP contribution in [-0.2, 0) is 0 Å². The SMILES string of the molecule is CNc1ncnc(N2CC(O)C(O)C2)c1C. The van der Waals surface area contributed by atoms with Crippen molar-refractivity contribution in [1.29, 1.82) is 0 Å². The molecule has 0 aliphatic carbocycles. The molecule has 0 bridgehead atoms. The van der Waals surface area contributed by atoms with Crippen molar-refractivity contribution in [3.8, 4) is 0 Å². The molecule has 0 amide bonds. The maximum absolute atomic E-state index is 9.50. The summed E-state index contributed by atoms with van der Waals surface area (Å²) < 4.78 is 0. The Balaban J connectivity index is 2.28. The Hall–Kier alpha value is -1.40. The molecule has 16 heavy (non-hydrogen) atoms. The molecule has 2 unspecified atom stereocenters. The topological polar surface area (TPSA) is 81.5 Å². The van der Waals surface area contributed by atoms with E-state index in [4.69, 9.17) is 0 Å². The van der Waals surface area contributed by atoms with Gasteiger partial charge in [0.25, 0.3) is 0 Å². The molecule has 0 aromatic carbocycles. The van der Waals surface area contributed by atoms with Crippen LogP contribution in [-0.4, -0.2) is 52.5 Å². The summed E-state index contributed by atoms with van der Waals surface area (Å²) in [5, 5.41) is 22.0. The van der Waals surface area contributed by atoms with Crippen molar-refractivity contribution in [1.82, 2.24) is 9.97 Å². The summed E-state index contributed by atoms with van der Waals surface area (Å²) in [7, 11) is 1.80. The van der Waals surface area contributed by atoms with Gasteiger partial charge in [0.2, 0.25) is 0 Å². The van der Waals surface area contributed by atoms with E-state index in [1.807, 2.05) is 11.8 Å². The molecule has 0 saturated carbocycles. The summed E-state index contributed by atoms with van der Waals surface area (Å²) in [5.41, 5.74) is 0.923. The number of hydrogen-bond donors (Lipinski definition) is 3. The molecular weight excluding hydrogens is 208 g/mol. The number of hydrogen-bond acceptors (Lipinski definition) is 6. The van der Waals surface area contributed by atoms with Gasteiger partial charge >= 0.3 is 0 Å². The molecule has 0 spiro atoms. The van der Waals surface area contributed by atoms with Crippen molar-refractivity contribution in [2.24, 2.45) is 0 Å². The molecule has 1 saturated heterocycles. The van der Waals surface area contributed by atoms with Crippen LogP contribution in [0.2, 0.25) is 0 Å². The molecule has 1 aliphatic rings. The highest BCUT2D eigenvalue weighted by Gasteiger charge is 2.31. The smallest absolute Gasteiger partial charge is 0.137 e. The third-order valence-corrected chi connectivity index (χ3v) is 2.85. The zero-order chi connectivity index (χ0) is 11.7. The second-order valence-corrected chi connectivity index (χ2v) is 3.96. The minimum atomic E-state index is -0.701. The first-order valence-electron chi connectivity index (χ1n) is 5.24. The predicted molar refractivity (Wildman–Crippen MR) is 60.5 cm³/mol. The first-order chi connectivity index (χ1) is 7.63. The van der Waals surface area contributed by atoms with Gasteiger partial charge in [-0.05, 0) is 6.92 Å². The maximum atomic E-state index is 9.50. The third kappa shape index (κ3) is 1.81. The minimum Gasteiger partial charge on any atom is -0.389 e. The fourth-order valence-corrected chi connectivity index (χ4v) is 1.95.